The zero-order valence-corrected chi connectivity index (χ0v) is 6.66. The van der Waals surface area contributed by atoms with Gasteiger partial charge in [0.15, 0.2) is 0 Å². The molecule has 0 bridgehead atoms. The van der Waals surface area contributed by atoms with Crippen LogP contribution in [0.1, 0.15) is 10.4 Å². The molecule has 0 radical (unpaired) electrons. The number of rotatable bonds is 1. The Kier molecular flexibility index (Phi) is 4.23. The van der Waals surface area contributed by atoms with E-state index in [1.165, 1.54) is 6.07 Å². The van der Waals surface area contributed by atoms with Gasteiger partial charge in [-0.15, -0.1) is 13.2 Å². The standard InChI is InChI=1S/C7H7NO2.C2H4/c8-6-4-2-1-3-5(6)7(9)10;1-2/h1-4H,8H2,(H,9,10);1-2H2. The fraction of sp³-hybridized carbons (Fsp3) is 0. The summed E-state index contributed by atoms with van der Waals surface area (Å²) in [5.74, 6) is -0.988. The number of anilines is 1. The molecule has 0 spiro atoms. The molecule has 3 nitrogen and oxygen atoms in total. The number of hydrogen-bond donors (Lipinski definition) is 2. The van der Waals surface area contributed by atoms with E-state index in [4.69, 9.17) is 10.8 Å². The topological polar surface area (TPSA) is 63.3 Å². The van der Waals surface area contributed by atoms with Crippen LogP contribution in [0.5, 0.6) is 0 Å². The van der Waals surface area contributed by atoms with Crippen LogP contribution in [0.2, 0.25) is 0 Å². The second-order valence-corrected chi connectivity index (χ2v) is 1.89. The highest BCUT2D eigenvalue weighted by Crippen LogP contribution is 2.08. The van der Waals surface area contributed by atoms with Crippen LogP contribution in [-0.2, 0) is 0 Å². The highest BCUT2D eigenvalue weighted by atomic mass is 16.4. The molecule has 0 aliphatic carbocycles. The summed E-state index contributed by atoms with van der Waals surface area (Å²) in [4.78, 5) is 10.3. The van der Waals surface area contributed by atoms with Crippen LogP contribution in [0.3, 0.4) is 0 Å². The van der Waals surface area contributed by atoms with E-state index in [2.05, 4.69) is 13.2 Å². The number of carboxylic acid groups (broad SMARTS) is 1. The first-order valence-electron chi connectivity index (χ1n) is 3.29. The molecule has 12 heavy (non-hydrogen) atoms. The van der Waals surface area contributed by atoms with E-state index in [0.717, 1.165) is 0 Å². The minimum atomic E-state index is -0.988. The van der Waals surface area contributed by atoms with Gasteiger partial charge >= 0.3 is 5.97 Å². The zero-order valence-electron chi connectivity index (χ0n) is 6.66. The van der Waals surface area contributed by atoms with E-state index in [1.807, 2.05) is 0 Å². The van der Waals surface area contributed by atoms with E-state index < -0.39 is 5.97 Å². The Morgan fingerprint density at radius 3 is 2.17 bits per heavy atom. The Balaban J connectivity index is 0.000000561. The van der Waals surface area contributed by atoms with Gasteiger partial charge in [0.05, 0.1) is 5.56 Å². The van der Waals surface area contributed by atoms with Crippen molar-refractivity contribution in [2.24, 2.45) is 0 Å². The van der Waals surface area contributed by atoms with Crippen LogP contribution < -0.4 is 5.73 Å². The lowest BCUT2D eigenvalue weighted by Crippen LogP contribution is -2.00. The molecular weight excluding hydrogens is 154 g/mol. The molecule has 0 atom stereocenters. The Hall–Kier alpha value is -1.77. The van der Waals surface area contributed by atoms with Crippen molar-refractivity contribution in [3.8, 4) is 0 Å². The zero-order chi connectivity index (χ0) is 9.56. The van der Waals surface area contributed by atoms with Gasteiger partial charge in [-0.1, -0.05) is 12.1 Å². The number of carboxylic acids is 1. The summed E-state index contributed by atoms with van der Waals surface area (Å²) in [6, 6.07) is 6.36. The summed E-state index contributed by atoms with van der Waals surface area (Å²) in [7, 11) is 0. The van der Waals surface area contributed by atoms with Gasteiger partial charge < -0.3 is 10.8 Å². The van der Waals surface area contributed by atoms with Crippen molar-refractivity contribution in [1.82, 2.24) is 0 Å². The Morgan fingerprint density at radius 2 is 1.83 bits per heavy atom. The highest BCUT2D eigenvalue weighted by Gasteiger charge is 2.03. The van der Waals surface area contributed by atoms with Gasteiger partial charge in [0, 0.05) is 5.69 Å². The molecule has 1 aromatic rings. The van der Waals surface area contributed by atoms with Crippen LogP contribution in [-0.4, -0.2) is 11.1 Å². The summed E-state index contributed by atoms with van der Waals surface area (Å²) in [5.41, 5.74) is 5.80. The van der Waals surface area contributed by atoms with Gasteiger partial charge in [-0.25, -0.2) is 4.79 Å². The van der Waals surface area contributed by atoms with E-state index in [0.29, 0.717) is 5.69 Å². The molecule has 0 saturated carbocycles. The smallest absolute Gasteiger partial charge is 0.337 e. The third-order valence-electron chi connectivity index (χ3n) is 1.19. The summed E-state index contributed by atoms with van der Waals surface area (Å²) >= 11 is 0. The minimum absolute atomic E-state index is 0.155. The van der Waals surface area contributed by atoms with Gasteiger partial charge in [-0.3, -0.25) is 0 Å². The molecule has 1 aromatic carbocycles. The average molecular weight is 165 g/mol. The number of carbonyl (C=O) groups is 1. The quantitative estimate of drug-likeness (QED) is 0.492. The third kappa shape index (κ3) is 2.46. The molecule has 0 aliphatic heterocycles. The van der Waals surface area contributed by atoms with Gasteiger partial charge in [-0.2, -0.15) is 0 Å². The van der Waals surface area contributed by atoms with Gasteiger partial charge in [0.1, 0.15) is 0 Å². The van der Waals surface area contributed by atoms with Crippen LogP contribution in [0.15, 0.2) is 37.4 Å². The Bertz CT molecular complexity index is 271. The molecule has 1 rings (SSSR count). The average Bonchev–Trinajstić information content (AvgIpc) is 2.08. The van der Waals surface area contributed by atoms with Gasteiger partial charge in [0.25, 0.3) is 0 Å². The first kappa shape index (κ1) is 10.2. The van der Waals surface area contributed by atoms with E-state index in [1.54, 1.807) is 18.2 Å². The molecule has 0 fully saturated rings. The number of benzene rings is 1. The van der Waals surface area contributed by atoms with E-state index >= 15 is 0 Å². The predicted octanol–water partition coefficient (Wildman–Crippen LogP) is 1.77. The summed E-state index contributed by atoms with van der Waals surface area (Å²) in [6.45, 7) is 6.00. The molecule has 0 amide bonds. The first-order chi connectivity index (χ1) is 5.72. The van der Waals surface area contributed by atoms with Gasteiger partial charge in [-0.05, 0) is 12.1 Å². The SMILES string of the molecule is C=C.Nc1ccccc1C(=O)O. The lowest BCUT2D eigenvalue weighted by Gasteiger charge is -1.96. The summed E-state index contributed by atoms with van der Waals surface area (Å²) < 4.78 is 0. The van der Waals surface area contributed by atoms with Crippen molar-refractivity contribution in [2.45, 2.75) is 0 Å². The third-order valence-corrected chi connectivity index (χ3v) is 1.19. The number of para-hydroxylation sites is 1. The van der Waals surface area contributed by atoms with Crippen molar-refractivity contribution >= 4 is 11.7 Å². The van der Waals surface area contributed by atoms with Crippen molar-refractivity contribution in [1.29, 1.82) is 0 Å². The summed E-state index contributed by atoms with van der Waals surface area (Å²) in [6.07, 6.45) is 0. The largest absolute Gasteiger partial charge is 0.478 e. The Labute approximate surface area is 71.1 Å². The highest BCUT2D eigenvalue weighted by molar-refractivity contribution is 5.93. The van der Waals surface area contributed by atoms with Crippen LogP contribution in [0, 0.1) is 0 Å². The number of nitrogens with two attached hydrogens (primary N) is 1. The van der Waals surface area contributed by atoms with Crippen LogP contribution in [0.25, 0.3) is 0 Å². The predicted molar refractivity (Wildman–Crippen MR) is 49.1 cm³/mol. The second-order valence-electron chi connectivity index (χ2n) is 1.89. The van der Waals surface area contributed by atoms with Crippen molar-refractivity contribution in [3.05, 3.63) is 43.0 Å². The first-order valence-corrected chi connectivity index (χ1v) is 3.29. The number of hydrogen-bond acceptors (Lipinski definition) is 2. The molecular formula is C9H11NO2. The minimum Gasteiger partial charge on any atom is -0.478 e. The lowest BCUT2D eigenvalue weighted by molar-refractivity contribution is 0.0698. The molecule has 0 unspecified atom stereocenters. The van der Waals surface area contributed by atoms with Crippen molar-refractivity contribution in [2.75, 3.05) is 5.73 Å². The summed E-state index contributed by atoms with van der Waals surface area (Å²) in [5, 5.41) is 8.49. The van der Waals surface area contributed by atoms with Gasteiger partial charge in [0.2, 0.25) is 0 Å². The maximum atomic E-state index is 10.3. The molecule has 0 heterocycles. The lowest BCUT2D eigenvalue weighted by atomic mass is 10.2. The van der Waals surface area contributed by atoms with Crippen LogP contribution >= 0.6 is 0 Å². The Morgan fingerprint density at radius 1 is 1.33 bits per heavy atom. The molecule has 0 aliphatic rings. The monoisotopic (exact) mass is 165 g/mol. The fourth-order valence-electron chi connectivity index (χ4n) is 0.692. The normalized spacial score (nSPS) is 8.00. The van der Waals surface area contributed by atoms with E-state index in [9.17, 15) is 4.79 Å². The van der Waals surface area contributed by atoms with E-state index in [-0.39, 0.29) is 5.56 Å². The molecule has 0 saturated heterocycles. The maximum absolute atomic E-state index is 10.3. The fourth-order valence-corrected chi connectivity index (χ4v) is 0.692. The molecule has 0 aromatic heterocycles. The number of nitrogen functional groups attached to an aromatic ring is 1. The second kappa shape index (κ2) is 4.96. The molecule has 3 heteroatoms. The van der Waals surface area contributed by atoms with Crippen LogP contribution in [0.4, 0.5) is 5.69 Å². The maximum Gasteiger partial charge on any atom is 0.337 e. The number of aromatic carboxylic acids is 1. The molecule has 3 N–H and O–H groups in total. The van der Waals surface area contributed by atoms with Crippen molar-refractivity contribution in [3.63, 3.8) is 0 Å². The molecule has 64 valence electrons. The van der Waals surface area contributed by atoms with Crippen molar-refractivity contribution < 1.29 is 9.90 Å².